The monoisotopic (exact) mass is 1420 g/mol. The van der Waals surface area contributed by atoms with Crippen LogP contribution in [0.25, 0.3) is 0 Å². The molecule has 0 saturated heterocycles. The highest BCUT2D eigenvalue weighted by atomic mass is 31.2. The van der Waals surface area contributed by atoms with Gasteiger partial charge in [-0.15, -0.1) is 0 Å². The molecule has 19 heteroatoms. The predicted octanol–water partition coefficient (Wildman–Crippen LogP) is 23.3. The molecule has 0 aromatic rings. The van der Waals surface area contributed by atoms with Crippen LogP contribution in [0.5, 0.6) is 0 Å². The molecular formula is C78H152O17P2. The minimum atomic E-state index is -4.96. The number of phosphoric ester groups is 2. The van der Waals surface area contributed by atoms with Crippen LogP contribution in [0.15, 0.2) is 0 Å². The van der Waals surface area contributed by atoms with Crippen molar-refractivity contribution in [1.82, 2.24) is 0 Å². The molecule has 0 aliphatic rings. The van der Waals surface area contributed by atoms with Gasteiger partial charge in [-0.05, 0) is 31.6 Å². The summed E-state index contributed by atoms with van der Waals surface area (Å²) in [6, 6.07) is 0. The number of rotatable bonds is 78. The Morgan fingerprint density at radius 3 is 0.701 bits per heavy atom. The number of hydrogen-bond acceptors (Lipinski definition) is 15. The van der Waals surface area contributed by atoms with E-state index < -0.39 is 97.5 Å². The molecule has 0 aliphatic carbocycles. The second-order valence-electron chi connectivity index (χ2n) is 28.6. The van der Waals surface area contributed by atoms with Crippen molar-refractivity contribution in [3.8, 4) is 0 Å². The SMILES string of the molecule is CCCCCCCCCCCCCCCCCCCCCCCCC(=O)O[C@H](COC(=O)CCCCCCCCCCCCCCCCC(C)C)COP(=O)(O)OC[C@@H](O)COP(=O)(O)OC[C@@H](COC(=O)CCCCCCCCCC)OC(=O)CCCCCCCCCCCC. The third-order valence-electron chi connectivity index (χ3n) is 18.3. The zero-order valence-electron chi connectivity index (χ0n) is 63.2. The lowest BCUT2D eigenvalue weighted by Crippen LogP contribution is -2.30. The smallest absolute Gasteiger partial charge is 0.462 e. The average molecular weight is 1420 g/mol. The van der Waals surface area contributed by atoms with Gasteiger partial charge in [-0.25, -0.2) is 9.13 Å². The summed E-state index contributed by atoms with van der Waals surface area (Å²) in [7, 11) is -9.91. The van der Waals surface area contributed by atoms with Crippen LogP contribution >= 0.6 is 15.6 Å². The Balaban J connectivity index is 5.15. The van der Waals surface area contributed by atoms with Crippen LogP contribution in [-0.2, 0) is 65.4 Å². The molecular weight excluding hydrogens is 1270 g/mol. The van der Waals surface area contributed by atoms with E-state index in [0.29, 0.717) is 25.7 Å². The first-order valence-corrected chi connectivity index (χ1v) is 43.6. The highest BCUT2D eigenvalue weighted by Gasteiger charge is 2.30. The average Bonchev–Trinajstić information content (AvgIpc) is 1.69. The number of aliphatic hydroxyl groups is 1. The van der Waals surface area contributed by atoms with Gasteiger partial charge in [0, 0.05) is 25.7 Å². The van der Waals surface area contributed by atoms with Crippen LogP contribution in [0.3, 0.4) is 0 Å². The zero-order valence-corrected chi connectivity index (χ0v) is 65.0. The Morgan fingerprint density at radius 1 is 0.278 bits per heavy atom. The fraction of sp³-hybridized carbons (Fsp3) is 0.949. The topological polar surface area (TPSA) is 237 Å². The van der Waals surface area contributed by atoms with Gasteiger partial charge in [0.15, 0.2) is 12.2 Å². The maximum absolute atomic E-state index is 13.1. The fourth-order valence-corrected chi connectivity index (χ4v) is 13.6. The molecule has 0 aliphatic heterocycles. The molecule has 0 spiro atoms. The molecule has 0 fully saturated rings. The molecule has 0 rings (SSSR count). The Morgan fingerprint density at radius 2 is 0.474 bits per heavy atom. The van der Waals surface area contributed by atoms with E-state index in [4.69, 9.17) is 37.0 Å². The Labute approximate surface area is 594 Å². The van der Waals surface area contributed by atoms with Crippen molar-refractivity contribution >= 4 is 39.5 Å². The van der Waals surface area contributed by atoms with Crippen LogP contribution in [0.2, 0.25) is 0 Å². The molecule has 2 unspecified atom stereocenters. The molecule has 3 N–H and O–H groups in total. The molecule has 576 valence electrons. The first-order valence-electron chi connectivity index (χ1n) is 40.6. The molecule has 0 amide bonds. The first-order chi connectivity index (χ1) is 47.0. The lowest BCUT2D eigenvalue weighted by molar-refractivity contribution is -0.161. The van der Waals surface area contributed by atoms with Gasteiger partial charge in [0.1, 0.15) is 19.3 Å². The van der Waals surface area contributed by atoms with E-state index in [2.05, 4.69) is 34.6 Å². The van der Waals surface area contributed by atoms with Crippen molar-refractivity contribution < 1.29 is 80.2 Å². The number of phosphoric acid groups is 2. The van der Waals surface area contributed by atoms with Crippen molar-refractivity contribution in [1.29, 1.82) is 0 Å². The minimum Gasteiger partial charge on any atom is -0.462 e. The summed E-state index contributed by atoms with van der Waals surface area (Å²) in [6.07, 6.45) is 61.3. The van der Waals surface area contributed by atoms with Crippen molar-refractivity contribution in [3.05, 3.63) is 0 Å². The molecule has 0 aromatic heterocycles. The van der Waals surface area contributed by atoms with E-state index >= 15 is 0 Å². The molecule has 17 nitrogen and oxygen atoms in total. The summed E-state index contributed by atoms with van der Waals surface area (Å²) in [5.41, 5.74) is 0. The number of esters is 4. The van der Waals surface area contributed by atoms with Crippen LogP contribution in [0.1, 0.15) is 413 Å². The van der Waals surface area contributed by atoms with E-state index in [1.807, 2.05) is 0 Å². The van der Waals surface area contributed by atoms with Gasteiger partial charge in [0.25, 0.3) is 0 Å². The van der Waals surface area contributed by atoms with Crippen molar-refractivity contribution in [3.63, 3.8) is 0 Å². The molecule has 0 saturated carbocycles. The summed E-state index contributed by atoms with van der Waals surface area (Å²) in [5, 5.41) is 10.6. The Bertz CT molecular complexity index is 1860. The van der Waals surface area contributed by atoms with Crippen molar-refractivity contribution in [2.45, 2.75) is 432 Å². The molecule has 5 atom stereocenters. The number of carbonyl (C=O) groups is 4. The zero-order chi connectivity index (χ0) is 71.2. The Kier molecular flexibility index (Phi) is 69.6. The highest BCUT2D eigenvalue weighted by Crippen LogP contribution is 2.45. The quantitative estimate of drug-likeness (QED) is 0.0222. The molecule has 97 heavy (non-hydrogen) atoms. The third kappa shape index (κ3) is 72.2. The van der Waals surface area contributed by atoms with Crippen molar-refractivity contribution in [2.24, 2.45) is 5.92 Å². The van der Waals surface area contributed by atoms with Crippen LogP contribution < -0.4 is 0 Å². The van der Waals surface area contributed by atoms with Gasteiger partial charge in [-0.1, -0.05) is 362 Å². The number of aliphatic hydroxyl groups excluding tert-OH is 1. The predicted molar refractivity (Wildman–Crippen MR) is 395 cm³/mol. The number of carbonyl (C=O) groups excluding carboxylic acids is 4. The van der Waals surface area contributed by atoms with Gasteiger partial charge in [0.05, 0.1) is 26.4 Å². The van der Waals surface area contributed by atoms with Crippen LogP contribution in [-0.4, -0.2) is 96.7 Å². The summed E-state index contributed by atoms with van der Waals surface area (Å²) >= 11 is 0. The summed E-state index contributed by atoms with van der Waals surface area (Å²) < 4.78 is 68.5. The van der Waals surface area contributed by atoms with Gasteiger partial charge in [0.2, 0.25) is 0 Å². The van der Waals surface area contributed by atoms with Gasteiger partial charge < -0.3 is 33.8 Å². The maximum Gasteiger partial charge on any atom is 0.472 e. The van der Waals surface area contributed by atoms with Gasteiger partial charge in [-0.3, -0.25) is 37.3 Å². The summed E-state index contributed by atoms with van der Waals surface area (Å²) in [6.45, 7) is 7.29. The van der Waals surface area contributed by atoms with E-state index in [1.165, 1.54) is 231 Å². The Hall–Kier alpha value is -1.94. The molecule has 0 bridgehead atoms. The normalized spacial score (nSPS) is 13.9. The largest absolute Gasteiger partial charge is 0.472 e. The van der Waals surface area contributed by atoms with E-state index in [0.717, 1.165) is 102 Å². The lowest BCUT2D eigenvalue weighted by Gasteiger charge is -2.21. The van der Waals surface area contributed by atoms with Crippen LogP contribution in [0, 0.1) is 5.92 Å². The lowest BCUT2D eigenvalue weighted by atomic mass is 10.0. The van der Waals surface area contributed by atoms with Crippen LogP contribution in [0.4, 0.5) is 0 Å². The maximum atomic E-state index is 13.1. The van der Waals surface area contributed by atoms with Crippen molar-refractivity contribution in [2.75, 3.05) is 39.6 Å². The fourth-order valence-electron chi connectivity index (χ4n) is 12.1. The van der Waals surface area contributed by atoms with E-state index in [9.17, 15) is 43.2 Å². The molecule has 0 radical (unpaired) electrons. The van der Waals surface area contributed by atoms with Gasteiger partial charge in [-0.2, -0.15) is 0 Å². The first kappa shape index (κ1) is 95.1. The highest BCUT2D eigenvalue weighted by molar-refractivity contribution is 7.47. The summed E-state index contributed by atoms with van der Waals surface area (Å²) in [4.78, 5) is 72.7. The van der Waals surface area contributed by atoms with E-state index in [1.54, 1.807) is 0 Å². The number of hydrogen-bond donors (Lipinski definition) is 3. The number of ether oxygens (including phenoxy) is 4. The standard InChI is InChI=1S/C78H152O17P2/c1-6-9-12-15-18-21-23-24-25-26-27-28-29-30-31-32-37-40-44-49-54-59-64-78(83)95-74(68-89-76(81)62-57-52-47-43-39-36-34-33-35-38-41-45-50-55-60-71(4)5)70-93-97(86,87)91-66-72(79)65-90-96(84,85)92-69-73(67-88-75(80)61-56-51-46-20-17-14-11-8-3)94-77(82)63-58-53-48-42-22-19-16-13-10-7-2/h71-74,79H,6-70H2,1-5H3,(H,84,85)(H,86,87)/t72-,73+,74+/m0/s1. The minimum absolute atomic E-state index is 0.107. The summed E-state index contributed by atoms with van der Waals surface area (Å²) in [5.74, 6) is -1.32. The second kappa shape index (κ2) is 71.1. The third-order valence-corrected chi connectivity index (χ3v) is 20.2. The number of unbranched alkanes of at least 4 members (excludes halogenated alkanes) is 50. The van der Waals surface area contributed by atoms with Gasteiger partial charge >= 0.3 is 39.5 Å². The molecule has 0 aromatic carbocycles. The second-order valence-corrected chi connectivity index (χ2v) is 31.5. The van der Waals surface area contributed by atoms with E-state index in [-0.39, 0.29) is 25.7 Å². The molecule has 0 heterocycles.